The fraction of sp³-hybridized carbons (Fsp3) is 0.222. The first kappa shape index (κ1) is 16.8. The van der Waals surface area contributed by atoms with Crippen molar-refractivity contribution in [1.82, 2.24) is 30.1 Å². The number of nitrogens with one attached hydrogen (secondary N) is 3. The van der Waals surface area contributed by atoms with E-state index in [2.05, 4.69) is 25.6 Å². The van der Waals surface area contributed by atoms with Gasteiger partial charge in [0.05, 0.1) is 11.2 Å². The third-order valence-corrected chi connectivity index (χ3v) is 4.45. The Morgan fingerprint density at radius 1 is 1.33 bits per heavy atom. The molecule has 0 radical (unpaired) electrons. The number of hydrogen-bond acceptors (Lipinski definition) is 5. The number of nitrogens with two attached hydrogens (primary N) is 1. The SMILES string of the molecule is CCCNC(=O)c1c(N)[nH]n2c(=O)cc(-c3ccc4n[nH]c(C)c4c3)nc12. The average molecular weight is 365 g/mol. The normalized spacial score (nSPS) is 11.3. The van der Waals surface area contributed by atoms with Gasteiger partial charge in [0.2, 0.25) is 0 Å². The number of aromatic amines is 2. The number of benzene rings is 1. The van der Waals surface area contributed by atoms with E-state index in [9.17, 15) is 9.59 Å². The second-order valence-electron chi connectivity index (χ2n) is 6.38. The smallest absolute Gasteiger partial charge is 0.273 e. The molecule has 27 heavy (non-hydrogen) atoms. The lowest BCUT2D eigenvalue weighted by atomic mass is 10.1. The van der Waals surface area contributed by atoms with E-state index in [0.717, 1.165) is 28.6 Å². The molecule has 9 nitrogen and oxygen atoms in total. The lowest BCUT2D eigenvalue weighted by Crippen LogP contribution is -2.25. The Labute approximate surface area is 153 Å². The van der Waals surface area contributed by atoms with E-state index in [4.69, 9.17) is 5.73 Å². The number of H-pyrrole nitrogens is 2. The highest BCUT2D eigenvalue weighted by molar-refractivity contribution is 6.04. The monoisotopic (exact) mass is 365 g/mol. The number of hydrogen-bond donors (Lipinski definition) is 4. The van der Waals surface area contributed by atoms with E-state index in [1.807, 2.05) is 32.0 Å². The van der Waals surface area contributed by atoms with Crippen LogP contribution in [0.3, 0.4) is 0 Å². The van der Waals surface area contributed by atoms with Crippen LogP contribution in [0.15, 0.2) is 29.1 Å². The summed E-state index contributed by atoms with van der Waals surface area (Å²) in [6.45, 7) is 4.39. The van der Waals surface area contributed by atoms with Gasteiger partial charge in [-0.15, -0.1) is 0 Å². The standard InChI is InChI=1S/C18H19N7O2/c1-3-6-20-18(27)15-16(19)24-25-14(26)8-13(21-17(15)25)10-4-5-12-11(7-10)9(2)22-23-12/h4-5,7-8,24H,3,6,19H2,1-2H3,(H,20,27)(H,22,23). The fourth-order valence-corrected chi connectivity index (χ4v) is 3.05. The van der Waals surface area contributed by atoms with Crippen molar-refractivity contribution in [3.8, 4) is 11.3 Å². The highest BCUT2D eigenvalue weighted by Gasteiger charge is 2.20. The molecule has 1 aromatic carbocycles. The molecule has 138 valence electrons. The van der Waals surface area contributed by atoms with Gasteiger partial charge in [-0.25, -0.2) is 4.98 Å². The fourth-order valence-electron chi connectivity index (χ4n) is 3.05. The summed E-state index contributed by atoms with van der Waals surface area (Å²) in [5, 5.41) is 13.6. The molecule has 5 N–H and O–H groups in total. The molecule has 0 bridgehead atoms. The number of nitrogen functional groups attached to an aromatic ring is 1. The highest BCUT2D eigenvalue weighted by atomic mass is 16.2. The van der Waals surface area contributed by atoms with Crippen LogP contribution in [-0.2, 0) is 0 Å². The first-order valence-electron chi connectivity index (χ1n) is 8.64. The molecule has 3 aromatic heterocycles. The second kappa shape index (κ2) is 6.27. The molecule has 0 spiro atoms. The Kier molecular flexibility index (Phi) is 3.91. The van der Waals surface area contributed by atoms with Crippen LogP contribution in [0, 0.1) is 6.92 Å². The summed E-state index contributed by atoms with van der Waals surface area (Å²) in [6.07, 6.45) is 0.788. The summed E-state index contributed by atoms with van der Waals surface area (Å²) >= 11 is 0. The van der Waals surface area contributed by atoms with Crippen LogP contribution in [0.2, 0.25) is 0 Å². The van der Waals surface area contributed by atoms with Gasteiger partial charge in [0.25, 0.3) is 11.5 Å². The second-order valence-corrected chi connectivity index (χ2v) is 6.38. The predicted molar refractivity (Wildman–Crippen MR) is 103 cm³/mol. The van der Waals surface area contributed by atoms with Gasteiger partial charge in [-0.3, -0.25) is 19.8 Å². The van der Waals surface area contributed by atoms with Crippen LogP contribution in [0.1, 0.15) is 29.4 Å². The van der Waals surface area contributed by atoms with Crippen molar-refractivity contribution in [1.29, 1.82) is 0 Å². The number of amides is 1. The number of aryl methyl sites for hydroxylation is 1. The van der Waals surface area contributed by atoms with Crippen LogP contribution in [0.4, 0.5) is 5.82 Å². The molecular formula is C18H19N7O2. The molecule has 0 unspecified atom stereocenters. The molecule has 0 fully saturated rings. The quantitative estimate of drug-likeness (QED) is 0.436. The van der Waals surface area contributed by atoms with Gasteiger partial charge in [0, 0.05) is 29.3 Å². The molecule has 9 heteroatoms. The van der Waals surface area contributed by atoms with Crippen LogP contribution in [0.5, 0.6) is 0 Å². The Morgan fingerprint density at radius 2 is 2.15 bits per heavy atom. The maximum absolute atomic E-state index is 12.5. The highest BCUT2D eigenvalue weighted by Crippen LogP contribution is 2.24. The average Bonchev–Trinajstić information content (AvgIpc) is 3.19. The summed E-state index contributed by atoms with van der Waals surface area (Å²) in [6, 6.07) is 7.03. The minimum Gasteiger partial charge on any atom is -0.383 e. The zero-order valence-corrected chi connectivity index (χ0v) is 15.0. The third kappa shape index (κ3) is 2.73. The first-order chi connectivity index (χ1) is 13.0. The Bertz CT molecular complexity index is 1230. The predicted octanol–water partition coefficient (Wildman–Crippen LogP) is 1.60. The Balaban J connectivity index is 1.90. The van der Waals surface area contributed by atoms with Crippen LogP contribution >= 0.6 is 0 Å². The molecule has 0 aliphatic rings. The first-order valence-corrected chi connectivity index (χ1v) is 8.64. The largest absolute Gasteiger partial charge is 0.383 e. The molecule has 3 heterocycles. The summed E-state index contributed by atoms with van der Waals surface area (Å²) in [7, 11) is 0. The molecule has 0 saturated heterocycles. The molecule has 0 aliphatic carbocycles. The van der Waals surface area contributed by atoms with Crippen LogP contribution < -0.4 is 16.6 Å². The van der Waals surface area contributed by atoms with Crippen molar-refractivity contribution in [3.05, 3.63) is 45.9 Å². The van der Waals surface area contributed by atoms with Crippen LogP contribution in [0.25, 0.3) is 27.8 Å². The number of fused-ring (bicyclic) bond motifs is 2. The maximum atomic E-state index is 12.5. The van der Waals surface area contributed by atoms with Gasteiger partial charge in [0.1, 0.15) is 11.4 Å². The molecule has 4 rings (SSSR count). The van der Waals surface area contributed by atoms with E-state index >= 15 is 0 Å². The minimum atomic E-state index is -0.363. The van der Waals surface area contributed by atoms with Crippen molar-refractivity contribution in [3.63, 3.8) is 0 Å². The van der Waals surface area contributed by atoms with Crippen molar-refractivity contribution in [2.24, 2.45) is 0 Å². The molecule has 4 aromatic rings. The van der Waals surface area contributed by atoms with Crippen molar-refractivity contribution in [2.75, 3.05) is 12.3 Å². The number of carbonyl (C=O) groups is 1. The van der Waals surface area contributed by atoms with E-state index in [1.165, 1.54) is 10.6 Å². The molecule has 0 atom stereocenters. The zero-order chi connectivity index (χ0) is 19.1. The summed E-state index contributed by atoms with van der Waals surface area (Å²) in [5.74, 6) is -0.259. The van der Waals surface area contributed by atoms with Gasteiger partial charge in [0.15, 0.2) is 5.65 Å². The zero-order valence-electron chi connectivity index (χ0n) is 15.0. The van der Waals surface area contributed by atoms with E-state index in [1.54, 1.807) is 0 Å². The summed E-state index contributed by atoms with van der Waals surface area (Å²) in [4.78, 5) is 29.5. The van der Waals surface area contributed by atoms with Gasteiger partial charge in [-0.05, 0) is 25.5 Å². The molecule has 0 saturated carbocycles. The van der Waals surface area contributed by atoms with E-state index in [-0.39, 0.29) is 28.5 Å². The van der Waals surface area contributed by atoms with E-state index in [0.29, 0.717) is 12.2 Å². The van der Waals surface area contributed by atoms with Crippen molar-refractivity contribution in [2.45, 2.75) is 20.3 Å². The van der Waals surface area contributed by atoms with Crippen molar-refractivity contribution >= 4 is 28.3 Å². The summed E-state index contributed by atoms with van der Waals surface area (Å²) in [5.41, 5.74) is 8.94. The Hall–Kier alpha value is -3.62. The lowest BCUT2D eigenvalue weighted by Gasteiger charge is -2.04. The number of anilines is 1. The number of aromatic nitrogens is 5. The van der Waals surface area contributed by atoms with Gasteiger partial charge >= 0.3 is 0 Å². The van der Waals surface area contributed by atoms with Gasteiger partial charge < -0.3 is 11.1 Å². The number of carbonyl (C=O) groups excluding carboxylic acids is 1. The minimum absolute atomic E-state index is 0.103. The Morgan fingerprint density at radius 3 is 2.93 bits per heavy atom. The summed E-state index contributed by atoms with van der Waals surface area (Å²) < 4.78 is 1.18. The van der Waals surface area contributed by atoms with Gasteiger partial charge in [-0.1, -0.05) is 13.0 Å². The van der Waals surface area contributed by atoms with E-state index < -0.39 is 0 Å². The lowest BCUT2D eigenvalue weighted by molar-refractivity contribution is 0.0956. The maximum Gasteiger partial charge on any atom is 0.273 e. The van der Waals surface area contributed by atoms with Gasteiger partial charge in [-0.2, -0.15) is 9.61 Å². The topological polar surface area (TPSA) is 134 Å². The van der Waals surface area contributed by atoms with Crippen molar-refractivity contribution < 1.29 is 4.79 Å². The number of rotatable bonds is 4. The third-order valence-electron chi connectivity index (χ3n) is 4.45. The molecule has 0 aliphatic heterocycles. The molecular weight excluding hydrogens is 346 g/mol. The molecule has 1 amide bonds. The number of nitrogens with zero attached hydrogens (tertiary/aromatic N) is 3. The van der Waals surface area contributed by atoms with Crippen LogP contribution in [-0.4, -0.2) is 37.2 Å².